The number of nitrogens with one attached hydrogen (secondary N) is 2. The number of halogens is 2. The van der Waals surface area contributed by atoms with E-state index in [1.807, 2.05) is 25.5 Å². The van der Waals surface area contributed by atoms with Crippen LogP contribution in [-0.4, -0.2) is 17.0 Å². The van der Waals surface area contributed by atoms with Gasteiger partial charge in [-0.25, -0.2) is 9.97 Å². The predicted octanol–water partition coefficient (Wildman–Crippen LogP) is 4.69. The summed E-state index contributed by atoms with van der Waals surface area (Å²) in [5.41, 5.74) is 1.31. The predicted molar refractivity (Wildman–Crippen MR) is 105 cm³/mol. The van der Waals surface area contributed by atoms with Crippen molar-refractivity contribution in [2.75, 3.05) is 17.7 Å². The highest BCUT2D eigenvalue weighted by Gasteiger charge is 2.04. The Morgan fingerprint density at radius 1 is 0.913 bits per heavy atom. The number of rotatable bonds is 6. The van der Waals surface area contributed by atoms with E-state index in [1.54, 1.807) is 22.7 Å². The fourth-order valence-corrected chi connectivity index (χ4v) is 3.48. The zero-order chi connectivity index (χ0) is 14.5. The molecule has 2 heterocycles. The van der Waals surface area contributed by atoms with Gasteiger partial charge in [0, 0.05) is 35.6 Å². The van der Waals surface area contributed by atoms with Gasteiger partial charge < -0.3 is 10.6 Å². The van der Waals surface area contributed by atoms with Crippen LogP contribution in [0.2, 0.25) is 0 Å². The molecule has 1 aromatic carbocycles. The van der Waals surface area contributed by atoms with Gasteiger partial charge in [-0.2, -0.15) is 0 Å². The van der Waals surface area contributed by atoms with Gasteiger partial charge in [-0.3, -0.25) is 0 Å². The van der Waals surface area contributed by atoms with Gasteiger partial charge in [0.1, 0.15) is 0 Å². The van der Waals surface area contributed by atoms with Crippen molar-refractivity contribution >= 4 is 57.8 Å². The zero-order valence-corrected chi connectivity index (χ0v) is 15.7. The Morgan fingerprint density at radius 2 is 1.57 bits per heavy atom. The van der Waals surface area contributed by atoms with Crippen LogP contribution >= 0.6 is 47.5 Å². The number of aromatic nitrogens is 2. The molecule has 0 fully saturated rings. The van der Waals surface area contributed by atoms with Crippen molar-refractivity contribution in [3.05, 3.63) is 58.0 Å². The third-order valence-corrected chi connectivity index (χ3v) is 4.93. The van der Waals surface area contributed by atoms with Crippen molar-refractivity contribution in [3.8, 4) is 0 Å². The van der Waals surface area contributed by atoms with Crippen LogP contribution in [0.3, 0.4) is 0 Å². The van der Waals surface area contributed by atoms with Gasteiger partial charge >= 0.3 is 0 Å². The Bertz CT molecular complexity index is 700. The molecule has 0 atom stereocenters. The first-order chi connectivity index (χ1) is 10.3. The molecule has 3 aromatic rings. The summed E-state index contributed by atoms with van der Waals surface area (Å²) in [5.74, 6) is 0. The van der Waals surface area contributed by atoms with E-state index in [-0.39, 0.29) is 24.8 Å². The molecule has 0 aliphatic rings. The summed E-state index contributed by atoms with van der Waals surface area (Å²) in [7, 11) is 1.88. The summed E-state index contributed by atoms with van der Waals surface area (Å²) in [5, 5.41) is 8.30. The van der Waals surface area contributed by atoms with Crippen LogP contribution < -0.4 is 10.6 Å². The highest BCUT2D eigenvalue weighted by molar-refractivity contribution is 7.16. The van der Waals surface area contributed by atoms with Gasteiger partial charge in [-0.15, -0.1) is 47.5 Å². The third-order valence-electron chi connectivity index (χ3n) is 2.96. The second-order valence-electron chi connectivity index (χ2n) is 4.53. The normalized spacial score (nSPS) is 9.61. The first-order valence-corrected chi connectivity index (χ1v) is 8.32. The Balaban J connectivity index is 0.00000132. The molecule has 0 radical (unpaired) electrons. The lowest BCUT2D eigenvalue weighted by Crippen LogP contribution is -1.95. The lowest BCUT2D eigenvalue weighted by Gasteiger charge is -1.99. The van der Waals surface area contributed by atoms with Crippen LogP contribution in [0.4, 0.5) is 10.3 Å². The monoisotopic (exact) mass is 388 g/mol. The van der Waals surface area contributed by atoms with Crippen molar-refractivity contribution in [3.63, 3.8) is 0 Å². The fourth-order valence-electron chi connectivity index (χ4n) is 1.94. The largest absolute Gasteiger partial charge is 0.365 e. The molecule has 0 aliphatic carbocycles. The summed E-state index contributed by atoms with van der Waals surface area (Å²) < 4.78 is 0. The number of anilines is 2. The first-order valence-electron chi connectivity index (χ1n) is 6.68. The molecule has 0 amide bonds. The molecule has 124 valence electrons. The minimum absolute atomic E-state index is 0. The Labute approximate surface area is 156 Å². The highest BCUT2D eigenvalue weighted by atomic mass is 35.5. The second-order valence-corrected chi connectivity index (χ2v) is 6.76. The van der Waals surface area contributed by atoms with Crippen LogP contribution in [0.15, 0.2) is 42.7 Å². The number of hydrogen-bond donors (Lipinski definition) is 2. The molecule has 0 spiro atoms. The minimum atomic E-state index is 0. The molecule has 0 aliphatic heterocycles. The zero-order valence-electron chi connectivity index (χ0n) is 12.5. The van der Waals surface area contributed by atoms with E-state index in [1.165, 1.54) is 15.3 Å². The number of thiazole rings is 2. The lowest BCUT2D eigenvalue weighted by atomic mass is 10.1. The summed E-state index contributed by atoms with van der Waals surface area (Å²) in [6.45, 7) is 0.762. The van der Waals surface area contributed by atoms with Crippen LogP contribution in [0.5, 0.6) is 0 Å². The maximum absolute atomic E-state index is 4.43. The van der Waals surface area contributed by atoms with Crippen molar-refractivity contribution in [1.82, 2.24) is 9.97 Å². The molecule has 2 N–H and O–H groups in total. The molecule has 2 aromatic heterocycles. The van der Waals surface area contributed by atoms with E-state index in [0.29, 0.717) is 0 Å². The smallest absolute Gasteiger partial charge is 0.183 e. The fraction of sp³-hybridized carbons (Fsp3) is 0.200. The highest BCUT2D eigenvalue weighted by Crippen LogP contribution is 2.23. The van der Waals surface area contributed by atoms with E-state index in [4.69, 9.17) is 0 Å². The van der Waals surface area contributed by atoms with Crippen molar-refractivity contribution < 1.29 is 0 Å². The minimum Gasteiger partial charge on any atom is -0.365 e. The van der Waals surface area contributed by atoms with E-state index < -0.39 is 0 Å². The van der Waals surface area contributed by atoms with E-state index in [9.17, 15) is 0 Å². The average Bonchev–Trinajstić information content (AvgIpc) is 3.15. The molecule has 4 nitrogen and oxygen atoms in total. The molecule has 3 rings (SSSR count). The summed E-state index contributed by atoms with van der Waals surface area (Å²) in [6, 6.07) is 10.5. The Kier molecular flexibility index (Phi) is 8.33. The summed E-state index contributed by atoms with van der Waals surface area (Å²) in [6.07, 6.45) is 4.78. The lowest BCUT2D eigenvalue weighted by molar-refractivity contribution is 1.15. The standard InChI is InChI=1S/C15H16N4S2.2ClH/c1-16-14-17-9-13(21-14)10-19-15-18-8-12(20-15)7-11-5-3-2-4-6-11;;/h2-6,8-9H,7,10H2,1H3,(H,16,17)(H,18,19);2*1H. The maximum atomic E-state index is 4.43. The number of benzene rings is 1. The van der Waals surface area contributed by atoms with Crippen LogP contribution in [0.1, 0.15) is 15.3 Å². The molecule has 8 heteroatoms. The molecular formula is C15H18Cl2N4S2. The Morgan fingerprint density at radius 3 is 2.26 bits per heavy atom. The second kappa shape index (κ2) is 9.72. The Hall–Kier alpha value is -1.34. The SMILES string of the molecule is CNc1ncc(CNc2ncc(Cc3ccccc3)s2)s1.Cl.Cl. The van der Waals surface area contributed by atoms with Crippen molar-refractivity contribution in [2.45, 2.75) is 13.0 Å². The van der Waals surface area contributed by atoms with E-state index in [2.05, 4.69) is 44.9 Å². The van der Waals surface area contributed by atoms with Crippen molar-refractivity contribution in [1.29, 1.82) is 0 Å². The van der Waals surface area contributed by atoms with Crippen LogP contribution in [0, 0.1) is 0 Å². The van der Waals surface area contributed by atoms with E-state index in [0.717, 1.165) is 23.2 Å². The molecule has 0 saturated heterocycles. The summed E-state index contributed by atoms with van der Waals surface area (Å²) >= 11 is 3.36. The molecule has 23 heavy (non-hydrogen) atoms. The van der Waals surface area contributed by atoms with Crippen molar-refractivity contribution in [2.24, 2.45) is 0 Å². The molecule has 0 unspecified atom stereocenters. The van der Waals surface area contributed by atoms with Gasteiger partial charge in [-0.1, -0.05) is 30.3 Å². The van der Waals surface area contributed by atoms with E-state index >= 15 is 0 Å². The average molecular weight is 389 g/mol. The van der Waals surface area contributed by atoms with Crippen LogP contribution in [0.25, 0.3) is 0 Å². The summed E-state index contributed by atoms with van der Waals surface area (Å²) in [4.78, 5) is 11.1. The first kappa shape index (κ1) is 19.7. The molecular weight excluding hydrogens is 371 g/mol. The van der Waals surface area contributed by atoms with Gasteiger partial charge in [0.05, 0.1) is 6.54 Å². The number of nitrogens with zero attached hydrogens (tertiary/aromatic N) is 2. The van der Waals surface area contributed by atoms with Gasteiger partial charge in [0.2, 0.25) is 0 Å². The van der Waals surface area contributed by atoms with Gasteiger partial charge in [-0.05, 0) is 5.56 Å². The number of hydrogen-bond acceptors (Lipinski definition) is 6. The van der Waals surface area contributed by atoms with Gasteiger partial charge in [0.15, 0.2) is 10.3 Å². The molecule has 0 saturated carbocycles. The van der Waals surface area contributed by atoms with Gasteiger partial charge in [0.25, 0.3) is 0 Å². The topological polar surface area (TPSA) is 49.8 Å². The maximum Gasteiger partial charge on any atom is 0.183 e. The quantitative estimate of drug-likeness (QED) is 0.642. The molecule has 0 bridgehead atoms. The third kappa shape index (κ3) is 5.66. The van der Waals surface area contributed by atoms with Crippen LogP contribution in [-0.2, 0) is 13.0 Å².